The first-order valence-electron chi connectivity index (χ1n) is 16.2. The second-order valence-corrected chi connectivity index (χ2v) is 12.1. The summed E-state index contributed by atoms with van der Waals surface area (Å²) < 4.78 is 29.0. The summed E-state index contributed by atoms with van der Waals surface area (Å²) in [6.07, 6.45) is 4.13. The number of furan rings is 1. The fourth-order valence-corrected chi connectivity index (χ4v) is 6.48. The summed E-state index contributed by atoms with van der Waals surface area (Å²) >= 11 is 0. The number of ketones is 1. The van der Waals surface area contributed by atoms with Crippen molar-refractivity contribution in [1.29, 1.82) is 0 Å². The Labute approximate surface area is 267 Å². The number of nitrogens with zero attached hydrogens (tertiary/aromatic N) is 2. The van der Waals surface area contributed by atoms with Crippen molar-refractivity contribution in [3.05, 3.63) is 75.0 Å². The summed E-state index contributed by atoms with van der Waals surface area (Å²) in [5.74, 6) is 0.461. The lowest BCUT2D eigenvalue weighted by Crippen LogP contribution is -2.35. The number of carbonyl (C=O) groups is 2. The first kappa shape index (κ1) is 32.0. The Hall–Kier alpha value is -4.00. The molecule has 0 spiro atoms. The monoisotopic (exact) mass is 636 g/mol. The molecule has 0 radical (unpaired) electrons. The third-order valence-electron chi connectivity index (χ3n) is 8.88. The average molecular weight is 637 g/mol. The second kappa shape index (κ2) is 14.6. The van der Waals surface area contributed by atoms with Crippen molar-refractivity contribution in [2.75, 3.05) is 39.5 Å². The lowest BCUT2D eigenvalue weighted by atomic mass is 9.97. The number of aryl methyl sites for hydroxylation is 1. The number of hydrogen-bond donors (Lipinski definition) is 0. The Morgan fingerprint density at radius 1 is 0.957 bits per heavy atom. The number of unbranched alkanes of at least 4 members (excludes halogenated alkanes) is 1. The second-order valence-electron chi connectivity index (χ2n) is 12.1. The topological polar surface area (TPSA) is 140 Å². The van der Waals surface area contributed by atoms with E-state index in [2.05, 4.69) is 16.7 Å². The zero-order valence-electron chi connectivity index (χ0n) is 26.0. The molecule has 246 valence electrons. The zero-order chi connectivity index (χ0) is 32.0. The number of ether oxygens (including phenoxy) is 4. The highest BCUT2D eigenvalue weighted by Gasteiger charge is 2.51. The number of carbonyl (C=O) groups excluding carboxylic acids is 2. The fourth-order valence-electron chi connectivity index (χ4n) is 6.48. The fraction of sp³-hybridized carbons (Fsp3) is 0.529. The van der Waals surface area contributed by atoms with Crippen LogP contribution in [0.2, 0.25) is 0 Å². The van der Waals surface area contributed by atoms with Crippen LogP contribution < -0.4 is 4.74 Å². The predicted molar refractivity (Wildman–Crippen MR) is 166 cm³/mol. The van der Waals surface area contributed by atoms with E-state index in [9.17, 15) is 19.7 Å². The van der Waals surface area contributed by atoms with E-state index in [1.807, 2.05) is 12.1 Å². The van der Waals surface area contributed by atoms with Gasteiger partial charge in [0.25, 0.3) is 5.09 Å². The molecule has 4 atom stereocenters. The molecule has 3 aliphatic heterocycles. The van der Waals surface area contributed by atoms with E-state index in [0.29, 0.717) is 46.6 Å². The molecular formula is C34H40N2O10. The number of rotatable bonds is 14. The standard InChI is InChI=1S/C34H40N2O10/c1-2-3-8-27-30(31(37)22-9-12-24(13-10-22)41-18-7-17-35-15-5-4-6-16-35)25-19-23(11-14-26(25)44-27)34(38)45-28-20-42-33-29(46-36(39)40)21-43-32(28)33/h9-14,19,28-29,32-33H,2-8,15-18,20-21H2,1H3/t28-,29+,32-,33-/m1/s1. The van der Waals surface area contributed by atoms with Gasteiger partial charge in [0.15, 0.2) is 18.0 Å². The Bertz CT molecular complexity index is 1530. The maximum absolute atomic E-state index is 13.9. The first-order chi connectivity index (χ1) is 22.4. The smallest absolute Gasteiger partial charge is 0.338 e. The molecular weight excluding hydrogens is 596 g/mol. The van der Waals surface area contributed by atoms with Crippen LogP contribution in [0.1, 0.15) is 77.5 Å². The molecule has 3 aliphatic rings. The number of hydrogen-bond acceptors (Lipinski definition) is 11. The third kappa shape index (κ3) is 7.19. The van der Waals surface area contributed by atoms with Crippen molar-refractivity contribution >= 4 is 22.7 Å². The normalized spacial score (nSPS) is 22.9. The molecule has 0 N–H and O–H groups in total. The largest absolute Gasteiger partial charge is 0.494 e. The summed E-state index contributed by atoms with van der Waals surface area (Å²) in [4.78, 5) is 45.1. The number of esters is 1. The van der Waals surface area contributed by atoms with E-state index in [0.717, 1.165) is 38.9 Å². The highest BCUT2D eigenvalue weighted by atomic mass is 17.0. The van der Waals surface area contributed by atoms with Gasteiger partial charge < -0.3 is 33.1 Å². The van der Waals surface area contributed by atoms with Crippen molar-refractivity contribution in [2.24, 2.45) is 0 Å². The number of fused-ring (bicyclic) bond motifs is 2. The molecule has 12 nitrogen and oxygen atoms in total. The highest BCUT2D eigenvalue weighted by Crippen LogP contribution is 2.33. The quantitative estimate of drug-likeness (QED) is 0.0762. The van der Waals surface area contributed by atoms with Crippen molar-refractivity contribution in [3.8, 4) is 5.75 Å². The first-order valence-corrected chi connectivity index (χ1v) is 16.2. The van der Waals surface area contributed by atoms with Crippen LogP contribution in [0.4, 0.5) is 0 Å². The van der Waals surface area contributed by atoms with Crippen LogP contribution in [0.25, 0.3) is 11.0 Å². The lowest BCUT2D eigenvalue weighted by Gasteiger charge is -2.26. The maximum atomic E-state index is 13.9. The van der Waals surface area contributed by atoms with Gasteiger partial charge in [0, 0.05) is 23.9 Å². The van der Waals surface area contributed by atoms with Crippen LogP contribution in [0, 0.1) is 10.1 Å². The van der Waals surface area contributed by atoms with Crippen LogP contribution in [0.5, 0.6) is 5.75 Å². The Balaban J connectivity index is 1.14. The SMILES string of the molecule is CCCCc1oc2ccc(C(=O)O[C@@H]3CO[C@H]4[C@@H]3OC[C@@H]4O[N+](=O)[O-])cc2c1C(=O)c1ccc(OCCCN2CCCCC2)cc1. The van der Waals surface area contributed by atoms with E-state index >= 15 is 0 Å². The minimum Gasteiger partial charge on any atom is -0.494 e. The van der Waals surface area contributed by atoms with Gasteiger partial charge in [-0.3, -0.25) is 4.79 Å². The average Bonchev–Trinajstić information content (AvgIpc) is 3.76. The zero-order valence-corrected chi connectivity index (χ0v) is 26.0. The van der Waals surface area contributed by atoms with Crippen molar-refractivity contribution in [1.82, 2.24) is 4.90 Å². The van der Waals surface area contributed by atoms with Crippen LogP contribution in [0.15, 0.2) is 46.9 Å². The maximum Gasteiger partial charge on any atom is 0.338 e. The summed E-state index contributed by atoms with van der Waals surface area (Å²) in [7, 11) is 0. The number of benzene rings is 2. The molecule has 3 fully saturated rings. The predicted octanol–water partition coefficient (Wildman–Crippen LogP) is 5.16. The van der Waals surface area contributed by atoms with Crippen molar-refractivity contribution in [3.63, 3.8) is 0 Å². The minimum atomic E-state index is -0.883. The minimum absolute atomic E-state index is 0.0235. The molecule has 3 aromatic rings. The molecule has 0 bridgehead atoms. The molecule has 3 saturated heterocycles. The Morgan fingerprint density at radius 3 is 2.41 bits per heavy atom. The van der Waals surface area contributed by atoms with E-state index in [-0.39, 0.29) is 24.6 Å². The summed E-state index contributed by atoms with van der Waals surface area (Å²) in [6.45, 7) is 6.03. The highest BCUT2D eigenvalue weighted by molar-refractivity contribution is 6.17. The van der Waals surface area contributed by atoms with Crippen LogP contribution >= 0.6 is 0 Å². The van der Waals surface area contributed by atoms with Gasteiger partial charge in [0.05, 0.1) is 30.9 Å². The van der Waals surface area contributed by atoms with Gasteiger partial charge in [-0.2, -0.15) is 0 Å². The summed E-state index contributed by atoms with van der Waals surface area (Å²) in [6, 6.07) is 12.0. The van der Waals surface area contributed by atoms with E-state index < -0.39 is 35.5 Å². The van der Waals surface area contributed by atoms with Gasteiger partial charge in [-0.05, 0) is 81.2 Å². The third-order valence-corrected chi connectivity index (χ3v) is 8.88. The molecule has 4 heterocycles. The van der Waals surface area contributed by atoms with E-state index in [1.54, 1.807) is 30.3 Å². The molecule has 0 amide bonds. The van der Waals surface area contributed by atoms with Crippen molar-refractivity contribution < 1.29 is 42.9 Å². The van der Waals surface area contributed by atoms with Crippen LogP contribution in [-0.2, 0) is 25.5 Å². The molecule has 0 aliphatic carbocycles. The van der Waals surface area contributed by atoms with Gasteiger partial charge in [0.2, 0.25) is 0 Å². The van der Waals surface area contributed by atoms with Gasteiger partial charge in [0.1, 0.15) is 29.3 Å². The molecule has 6 rings (SSSR count). The van der Waals surface area contributed by atoms with Crippen LogP contribution in [-0.4, -0.2) is 85.6 Å². The number of piperidine rings is 1. The summed E-state index contributed by atoms with van der Waals surface area (Å²) in [5, 5.41) is 10.4. The van der Waals surface area contributed by atoms with Gasteiger partial charge >= 0.3 is 5.97 Å². The molecule has 1 aromatic heterocycles. The summed E-state index contributed by atoms with van der Waals surface area (Å²) in [5.41, 5.74) is 1.66. The molecule has 0 unspecified atom stereocenters. The lowest BCUT2D eigenvalue weighted by molar-refractivity contribution is -0.769. The Morgan fingerprint density at radius 2 is 1.67 bits per heavy atom. The Kier molecular flexibility index (Phi) is 10.2. The van der Waals surface area contributed by atoms with Gasteiger partial charge in [-0.25, -0.2) is 4.79 Å². The molecule has 46 heavy (non-hydrogen) atoms. The molecule has 2 aromatic carbocycles. The van der Waals surface area contributed by atoms with Gasteiger partial charge in [-0.15, -0.1) is 10.1 Å². The van der Waals surface area contributed by atoms with Crippen molar-refractivity contribution in [2.45, 2.75) is 76.3 Å². The molecule has 0 saturated carbocycles. The van der Waals surface area contributed by atoms with Gasteiger partial charge in [-0.1, -0.05) is 19.8 Å². The van der Waals surface area contributed by atoms with E-state index in [4.69, 9.17) is 23.4 Å². The van der Waals surface area contributed by atoms with E-state index in [1.165, 1.54) is 19.3 Å². The van der Waals surface area contributed by atoms with Crippen LogP contribution in [0.3, 0.4) is 0 Å². The number of likely N-dealkylation sites (tertiary alicyclic amines) is 1. The molecule has 12 heteroatoms.